The van der Waals surface area contributed by atoms with Crippen LogP contribution in [0.4, 0.5) is 5.69 Å². The minimum absolute atomic E-state index is 0.161. The fourth-order valence-corrected chi connectivity index (χ4v) is 6.33. The summed E-state index contributed by atoms with van der Waals surface area (Å²) >= 11 is 7.94. The number of aromatic nitrogens is 1. The van der Waals surface area contributed by atoms with Crippen LogP contribution in [0.25, 0.3) is 11.8 Å². The van der Waals surface area contributed by atoms with E-state index in [-0.39, 0.29) is 23.0 Å². The number of ether oxygens (including phenoxy) is 1. The van der Waals surface area contributed by atoms with Gasteiger partial charge in [0, 0.05) is 16.7 Å². The SMILES string of the molecule is COc1ccc(/C=c2/sc3n(c2=O)C(c2ccccc2Cl)C2=C(N=3)c3ccccc3CC2)cc1[N+](=O)[O-]. The van der Waals surface area contributed by atoms with Crippen molar-refractivity contribution in [1.29, 1.82) is 0 Å². The van der Waals surface area contributed by atoms with Gasteiger partial charge in [0.1, 0.15) is 0 Å². The average molecular weight is 530 g/mol. The Balaban J connectivity index is 1.60. The van der Waals surface area contributed by atoms with Gasteiger partial charge in [0.2, 0.25) is 0 Å². The van der Waals surface area contributed by atoms with Crippen LogP contribution in [0.2, 0.25) is 5.02 Å². The molecule has 1 aliphatic heterocycles. The van der Waals surface area contributed by atoms with Gasteiger partial charge in [0.05, 0.1) is 28.3 Å². The maximum Gasteiger partial charge on any atom is 0.311 e. The fraction of sp³-hybridized carbons (Fsp3) is 0.143. The van der Waals surface area contributed by atoms with Crippen molar-refractivity contribution in [2.75, 3.05) is 7.11 Å². The predicted molar refractivity (Wildman–Crippen MR) is 144 cm³/mol. The summed E-state index contributed by atoms with van der Waals surface area (Å²) in [7, 11) is 1.38. The van der Waals surface area contributed by atoms with Crippen molar-refractivity contribution in [3.8, 4) is 5.75 Å². The quantitative estimate of drug-likeness (QED) is 0.278. The number of benzene rings is 3. The van der Waals surface area contributed by atoms with Gasteiger partial charge in [-0.15, -0.1) is 0 Å². The molecule has 0 N–H and O–H groups in total. The minimum atomic E-state index is -0.499. The van der Waals surface area contributed by atoms with Crippen LogP contribution in [0.5, 0.6) is 5.75 Å². The molecule has 2 heterocycles. The van der Waals surface area contributed by atoms with Crippen molar-refractivity contribution in [3.05, 3.63) is 129 Å². The standard InChI is InChI=1S/C28H20ClN3O4S/c1-36-23-13-10-16(14-22(23)32(34)35)15-24-27(33)31-26(19-8-4-5-9-21(19)29)20-12-11-17-6-2-3-7-18(17)25(20)30-28(31)37-24/h2-10,13-15,26H,11-12H2,1H3/b24-15+. The van der Waals surface area contributed by atoms with Gasteiger partial charge >= 0.3 is 5.69 Å². The van der Waals surface area contributed by atoms with Crippen LogP contribution < -0.4 is 19.6 Å². The number of fused-ring (bicyclic) bond motifs is 3. The van der Waals surface area contributed by atoms with E-state index in [1.807, 2.05) is 36.4 Å². The molecule has 7 nitrogen and oxygen atoms in total. The van der Waals surface area contributed by atoms with Gasteiger partial charge in [0.15, 0.2) is 10.6 Å². The molecular formula is C28H20ClN3O4S. The van der Waals surface area contributed by atoms with Crippen LogP contribution in [0.15, 0.2) is 82.1 Å². The minimum Gasteiger partial charge on any atom is -0.490 e. The number of nitro benzene ring substituents is 1. The molecule has 9 heteroatoms. The van der Waals surface area contributed by atoms with Crippen molar-refractivity contribution in [2.24, 2.45) is 4.99 Å². The highest BCUT2D eigenvalue weighted by atomic mass is 35.5. The molecule has 0 bridgehead atoms. The number of methoxy groups -OCH3 is 1. The Morgan fingerprint density at radius 1 is 1.14 bits per heavy atom. The largest absolute Gasteiger partial charge is 0.490 e. The molecule has 1 unspecified atom stereocenters. The molecule has 0 radical (unpaired) electrons. The number of thiazole rings is 1. The second-order valence-corrected chi connectivity index (χ2v) is 10.2. The second kappa shape index (κ2) is 9.14. The zero-order valence-electron chi connectivity index (χ0n) is 19.7. The average Bonchev–Trinajstić information content (AvgIpc) is 3.22. The lowest BCUT2D eigenvalue weighted by atomic mass is 9.83. The van der Waals surface area contributed by atoms with Gasteiger partial charge in [-0.25, -0.2) is 4.99 Å². The van der Waals surface area contributed by atoms with Crippen LogP contribution in [0.1, 0.15) is 34.7 Å². The summed E-state index contributed by atoms with van der Waals surface area (Å²) in [6.07, 6.45) is 3.28. The summed E-state index contributed by atoms with van der Waals surface area (Å²) < 4.78 is 7.25. The number of nitrogens with zero attached hydrogens (tertiary/aromatic N) is 3. The smallest absolute Gasteiger partial charge is 0.311 e. The van der Waals surface area contributed by atoms with Crippen LogP contribution in [0.3, 0.4) is 0 Å². The fourth-order valence-electron chi connectivity index (χ4n) is 5.09. The monoisotopic (exact) mass is 529 g/mol. The third kappa shape index (κ3) is 3.89. The molecule has 0 spiro atoms. The molecule has 6 rings (SSSR count). The maximum atomic E-state index is 13.8. The summed E-state index contributed by atoms with van der Waals surface area (Å²) in [6.45, 7) is 0. The lowest BCUT2D eigenvalue weighted by molar-refractivity contribution is -0.385. The predicted octanol–water partition coefficient (Wildman–Crippen LogP) is 4.89. The van der Waals surface area contributed by atoms with Crippen molar-refractivity contribution < 1.29 is 9.66 Å². The third-order valence-corrected chi connectivity index (χ3v) is 8.10. The maximum absolute atomic E-state index is 13.8. The number of aryl methyl sites for hydroxylation is 1. The van der Waals surface area contributed by atoms with E-state index in [2.05, 4.69) is 12.1 Å². The molecule has 0 saturated carbocycles. The first-order chi connectivity index (χ1) is 18.0. The molecule has 0 amide bonds. The number of allylic oxidation sites excluding steroid dienone is 1. The van der Waals surface area contributed by atoms with Gasteiger partial charge in [-0.3, -0.25) is 19.5 Å². The molecule has 1 atom stereocenters. The Hall–Kier alpha value is -4.01. The first-order valence-corrected chi connectivity index (χ1v) is 12.9. The third-order valence-electron chi connectivity index (χ3n) is 6.77. The van der Waals surface area contributed by atoms with Gasteiger partial charge in [-0.05, 0) is 53.3 Å². The molecule has 1 aliphatic carbocycles. The number of rotatable bonds is 4. The van der Waals surface area contributed by atoms with Crippen LogP contribution in [0, 0.1) is 10.1 Å². The lowest BCUT2D eigenvalue weighted by Gasteiger charge is -2.31. The second-order valence-electron chi connectivity index (χ2n) is 8.82. The van der Waals surface area contributed by atoms with E-state index in [1.165, 1.54) is 36.1 Å². The number of halogens is 1. The van der Waals surface area contributed by atoms with Crippen molar-refractivity contribution in [2.45, 2.75) is 18.9 Å². The van der Waals surface area contributed by atoms with Crippen molar-refractivity contribution in [1.82, 2.24) is 4.57 Å². The highest BCUT2D eigenvalue weighted by Gasteiger charge is 2.33. The number of hydrogen-bond acceptors (Lipinski definition) is 6. The van der Waals surface area contributed by atoms with Gasteiger partial charge in [0.25, 0.3) is 5.56 Å². The molecule has 4 aromatic rings. The Bertz CT molecular complexity index is 1800. The Kier molecular flexibility index (Phi) is 5.78. The van der Waals surface area contributed by atoms with E-state index in [9.17, 15) is 14.9 Å². The first kappa shape index (κ1) is 23.4. The molecule has 3 aromatic carbocycles. The van der Waals surface area contributed by atoms with E-state index >= 15 is 0 Å². The highest BCUT2D eigenvalue weighted by Crippen LogP contribution is 2.42. The van der Waals surface area contributed by atoms with E-state index in [1.54, 1.807) is 16.7 Å². The van der Waals surface area contributed by atoms with E-state index in [0.717, 1.165) is 35.2 Å². The molecule has 2 aliphatic rings. The van der Waals surface area contributed by atoms with Crippen molar-refractivity contribution >= 4 is 40.4 Å². The highest BCUT2D eigenvalue weighted by molar-refractivity contribution is 7.07. The summed E-state index contributed by atoms with van der Waals surface area (Å²) in [4.78, 5) is 30.4. The summed E-state index contributed by atoms with van der Waals surface area (Å²) in [5, 5.41) is 12.1. The first-order valence-electron chi connectivity index (χ1n) is 11.7. The van der Waals surface area contributed by atoms with E-state index < -0.39 is 4.92 Å². The Morgan fingerprint density at radius 2 is 1.92 bits per heavy atom. The Morgan fingerprint density at radius 3 is 2.70 bits per heavy atom. The molecular weight excluding hydrogens is 510 g/mol. The zero-order chi connectivity index (χ0) is 25.7. The topological polar surface area (TPSA) is 86.7 Å². The Labute approximate surface area is 220 Å². The number of hydrogen-bond donors (Lipinski definition) is 0. The van der Waals surface area contributed by atoms with Crippen molar-refractivity contribution in [3.63, 3.8) is 0 Å². The molecule has 0 fully saturated rings. The molecule has 184 valence electrons. The van der Waals surface area contributed by atoms with E-state index in [4.69, 9.17) is 21.3 Å². The summed E-state index contributed by atoms with van der Waals surface area (Å²) in [6, 6.07) is 20.0. The summed E-state index contributed by atoms with van der Waals surface area (Å²) in [5.74, 6) is 0.161. The molecule has 1 aromatic heterocycles. The molecule has 37 heavy (non-hydrogen) atoms. The zero-order valence-corrected chi connectivity index (χ0v) is 21.3. The summed E-state index contributed by atoms with van der Waals surface area (Å²) in [5.41, 5.74) is 5.25. The van der Waals surface area contributed by atoms with Crippen LogP contribution in [-0.2, 0) is 6.42 Å². The van der Waals surface area contributed by atoms with Gasteiger partial charge in [-0.1, -0.05) is 71.5 Å². The molecule has 0 saturated heterocycles. The van der Waals surface area contributed by atoms with Crippen LogP contribution in [-0.4, -0.2) is 16.6 Å². The normalized spacial score (nSPS) is 16.5. The lowest BCUT2D eigenvalue weighted by Crippen LogP contribution is -2.38. The van der Waals surface area contributed by atoms with Gasteiger partial charge < -0.3 is 4.74 Å². The van der Waals surface area contributed by atoms with Crippen LogP contribution >= 0.6 is 22.9 Å². The van der Waals surface area contributed by atoms with Gasteiger partial charge in [-0.2, -0.15) is 0 Å². The van der Waals surface area contributed by atoms with E-state index in [0.29, 0.717) is 19.9 Å². The number of nitro groups is 1.